The van der Waals surface area contributed by atoms with E-state index in [9.17, 15) is 5.11 Å². The summed E-state index contributed by atoms with van der Waals surface area (Å²) >= 11 is 0. The number of rotatable bonds is 4. The van der Waals surface area contributed by atoms with Crippen LogP contribution in [0.3, 0.4) is 0 Å². The van der Waals surface area contributed by atoms with Crippen LogP contribution in [0, 0.1) is 17.8 Å². The van der Waals surface area contributed by atoms with Gasteiger partial charge in [-0.2, -0.15) is 0 Å². The molecule has 0 spiro atoms. The molecule has 1 heterocycles. The molecule has 1 N–H and O–H groups in total. The van der Waals surface area contributed by atoms with Gasteiger partial charge in [-0.1, -0.05) is 6.92 Å². The fourth-order valence-electron chi connectivity index (χ4n) is 3.70. The Morgan fingerprint density at radius 1 is 1.28 bits per heavy atom. The fraction of sp³-hybridized carbons (Fsp3) is 1.00. The Balaban J connectivity index is 1.80. The van der Waals surface area contributed by atoms with Gasteiger partial charge in [-0.3, -0.25) is 0 Å². The maximum absolute atomic E-state index is 10.1. The lowest BCUT2D eigenvalue weighted by Gasteiger charge is -2.38. The van der Waals surface area contributed by atoms with Crippen LogP contribution in [0.1, 0.15) is 39.0 Å². The average molecular weight is 255 g/mol. The summed E-state index contributed by atoms with van der Waals surface area (Å²) in [6.07, 6.45) is 5.92. The number of nitrogens with zero attached hydrogens (tertiary/aromatic N) is 1. The highest BCUT2D eigenvalue weighted by atomic mass is 16.5. The second kappa shape index (κ2) is 6.88. The van der Waals surface area contributed by atoms with E-state index in [0.717, 1.165) is 32.0 Å². The van der Waals surface area contributed by atoms with Crippen LogP contribution in [0.2, 0.25) is 0 Å². The summed E-state index contributed by atoms with van der Waals surface area (Å²) < 4.78 is 5.28. The predicted molar refractivity (Wildman–Crippen MR) is 73.6 cm³/mol. The van der Waals surface area contributed by atoms with Crippen molar-refractivity contribution in [1.82, 2.24) is 4.90 Å². The third-order valence-corrected chi connectivity index (χ3v) is 4.70. The van der Waals surface area contributed by atoms with Crippen LogP contribution >= 0.6 is 0 Å². The number of piperidine rings is 1. The van der Waals surface area contributed by atoms with E-state index in [4.69, 9.17) is 4.74 Å². The van der Waals surface area contributed by atoms with E-state index in [-0.39, 0.29) is 6.10 Å². The molecule has 1 aliphatic carbocycles. The molecule has 0 aromatic carbocycles. The van der Waals surface area contributed by atoms with Crippen LogP contribution in [0.5, 0.6) is 0 Å². The minimum atomic E-state index is -0.0657. The lowest BCUT2D eigenvalue weighted by atomic mass is 9.80. The van der Waals surface area contributed by atoms with Crippen molar-refractivity contribution < 1.29 is 9.84 Å². The summed E-state index contributed by atoms with van der Waals surface area (Å²) in [5, 5.41) is 10.1. The zero-order valence-electron chi connectivity index (χ0n) is 12.0. The summed E-state index contributed by atoms with van der Waals surface area (Å²) in [6.45, 7) is 6.66. The first kappa shape index (κ1) is 14.3. The van der Waals surface area contributed by atoms with Gasteiger partial charge in [-0.05, 0) is 56.4 Å². The Morgan fingerprint density at radius 2 is 2.11 bits per heavy atom. The van der Waals surface area contributed by atoms with E-state index in [2.05, 4.69) is 11.8 Å². The second-order valence-corrected chi connectivity index (χ2v) is 6.47. The van der Waals surface area contributed by atoms with Crippen molar-refractivity contribution in [2.45, 2.75) is 45.1 Å². The molecule has 0 bridgehead atoms. The number of hydrogen-bond donors (Lipinski definition) is 1. The highest BCUT2D eigenvalue weighted by molar-refractivity contribution is 4.82. The number of hydrogen-bond acceptors (Lipinski definition) is 3. The molecule has 1 saturated carbocycles. The minimum Gasteiger partial charge on any atom is -0.393 e. The third-order valence-electron chi connectivity index (χ3n) is 4.70. The Bertz CT molecular complexity index is 245. The van der Waals surface area contributed by atoms with Crippen LogP contribution in [0.25, 0.3) is 0 Å². The largest absolute Gasteiger partial charge is 0.393 e. The Hall–Kier alpha value is -0.120. The van der Waals surface area contributed by atoms with Crippen molar-refractivity contribution >= 4 is 0 Å². The fourth-order valence-corrected chi connectivity index (χ4v) is 3.70. The highest BCUT2D eigenvalue weighted by Crippen LogP contribution is 2.30. The lowest BCUT2D eigenvalue weighted by molar-refractivity contribution is 0.0152. The molecule has 4 atom stereocenters. The first-order chi connectivity index (χ1) is 8.69. The molecule has 1 saturated heterocycles. The van der Waals surface area contributed by atoms with Gasteiger partial charge in [-0.15, -0.1) is 0 Å². The summed E-state index contributed by atoms with van der Waals surface area (Å²) in [7, 11) is 1.80. The number of aliphatic hydroxyl groups excluding tert-OH is 1. The minimum absolute atomic E-state index is 0.0657. The maximum Gasteiger partial charge on any atom is 0.0580 e. The quantitative estimate of drug-likeness (QED) is 0.835. The predicted octanol–water partition coefficient (Wildman–Crippen LogP) is 2.14. The molecule has 4 unspecified atom stereocenters. The van der Waals surface area contributed by atoms with Crippen molar-refractivity contribution in [1.29, 1.82) is 0 Å². The molecular weight excluding hydrogens is 226 g/mol. The molecule has 18 heavy (non-hydrogen) atoms. The average Bonchev–Trinajstić information content (AvgIpc) is 2.35. The molecule has 3 heteroatoms. The standard InChI is InChI=1S/C15H29NO2/c1-12-5-6-15(17)14(8-12)10-16-7-3-4-13(9-16)11-18-2/h12-15,17H,3-11H2,1-2H3. The lowest BCUT2D eigenvalue weighted by Crippen LogP contribution is -2.43. The first-order valence-electron chi connectivity index (χ1n) is 7.58. The highest BCUT2D eigenvalue weighted by Gasteiger charge is 2.30. The molecule has 2 rings (SSSR count). The molecule has 2 aliphatic rings. The van der Waals surface area contributed by atoms with E-state index in [1.54, 1.807) is 7.11 Å². The normalized spacial score (nSPS) is 38.8. The van der Waals surface area contributed by atoms with Gasteiger partial charge in [0.2, 0.25) is 0 Å². The Kier molecular flexibility index (Phi) is 5.46. The van der Waals surface area contributed by atoms with Gasteiger partial charge in [0, 0.05) is 20.2 Å². The Labute approximate surface area is 112 Å². The van der Waals surface area contributed by atoms with E-state index in [0.29, 0.717) is 11.8 Å². The number of ether oxygens (including phenoxy) is 1. The molecule has 1 aliphatic heterocycles. The molecule has 2 fully saturated rings. The zero-order valence-corrected chi connectivity index (χ0v) is 12.0. The van der Waals surface area contributed by atoms with Gasteiger partial charge in [0.05, 0.1) is 12.7 Å². The molecular formula is C15H29NO2. The smallest absolute Gasteiger partial charge is 0.0580 e. The molecule has 106 valence electrons. The van der Waals surface area contributed by atoms with Gasteiger partial charge in [-0.25, -0.2) is 0 Å². The summed E-state index contributed by atoms with van der Waals surface area (Å²) in [5.41, 5.74) is 0. The topological polar surface area (TPSA) is 32.7 Å². The molecule has 3 nitrogen and oxygen atoms in total. The summed E-state index contributed by atoms with van der Waals surface area (Å²) in [5.74, 6) is 1.98. The maximum atomic E-state index is 10.1. The number of likely N-dealkylation sites (tertiary alicyclic amines) is 1. The van der Waals surface area contributed by atoms with Crippen molar-refractivity contribution in [2.24, 2.45) is 17.8 Å². The summed E-state index contributed by atoms with van der Waals surface area (Å²) in [4.78, 5) is 2.55. The number of methoxy groups -OCH3 is 1. The molecule has 0 aromatic heterocycles. The van der Waals surface area contributed by atoms with Gasteiger partial charge >= 0.3 is 0 Å². The monoisotopic (exact) mass is 255 g/mol. The summed E-state index contributed by atoms with van der Waals surface area (Å²) in [6, 6.07) is 0. The van der Waals surface area contributed by atoms with Crippen LogP contribution < -0.4 is 0 Å². The third kappa shape index (κ3) is 3.94. The van der Waals surface area contributed by atoms with Crippen LogP contribution in [-0.4, -0.2) is 49.5 Å². The Morgan fingerprint density at radius 3 is 2.89 bits per heavy atom. The van der Waals surface area contributed by atoms with Gasteiger partial charge in [0.1, 0.15) is 0 Å². The SMILES string of the molecule is COCC1CCCN(CC2CC(C)CCC2O)C1. The van der Waals surface area contributed by atoms with E-state index in [1.165, 1.54) is 32.2 Å². The van der Waals surface area contributed by atoms with Crippen LogP contribution in [0.4, 0.5) is 0 Å². The zero-order chi connectivity index (χ0) is 13.0. The van der Waals surface area contributed by atoms with Crippen molar-refractivity contribution in [3.63, 3.8) is 0 Å². The molecule has 0 radical (unpaired) electrons. The van der Waals surface area contributed by atoms with Gasteiger partial charge in [0.15, 0.2) is 0 Å². The van der Waals surface area contributed by atoms with Crippen molar-refractivity contribution in [2.75, 3.05) is 33.4 Å². The van der Waals surface area contributed by atoms with E-state index in [1.807, 2.05) is 0 Å². The first-order valence-corrected chi connectivity index (χ1v) is 7.58. The van der Waals surface area contributed by atoms with E-state index < -0.39 is 0 Å². The van der Waals surface area contributed by atoms with Crippen molar-refractivity contribution in [3.05, 3.63) is 0 Å². The number of aliphatic hydroxyl groups is 1. The van der Waals surface area contributed by atoms with Crippen LogP contribution in [0.15, 0.2) is 0 Å². The van der Waals surface area contributed by atoms with E-state index >= 15 is 0 Å². The molecule has 0 aromatic rings. The van der Waals surface area contributed by atoms with Crippen LogP contribution in [-0.2, 0) is 4.74 Å². The van der Waals surface area contributed by atoms with Gasteiger partial charge < -0.3 is 14.7 Å². The molecule has 0 amide bonds. The van der Waals surface area contributed by atoms with Crippen molar-refractivity contribution in [3.8, 4) is 0 Å². The second-order valence-electron chi connectivity index (χ2n) is 6.47. The van der Waals surface area contributed by atoms with Gasteiger partial charge in [0.25, 0.3) is 0 Å².